The van der Waals surface area contributed by atoms with Gasteiger partial charge in [-0.05, 0) is 61.6 Å². The number of ether oxygens (including phenoxy) is 2. The van der Waals surface area contributed by atoms with Gasteiger partial charge < -0.3 is 19.9 Å². The third kappa shape index (κ3) is 4.00. The predicted octanol–water partition coefficient (Wildman–Crippen LogP) is 4.33. The number of esters is 1. The summed E-state index contributed by atoms with van der Waals surface area (Å²) in [6.07, 6.45) is 0.994. The number of ketones is 1. The van der Waals surface area contributed by atoms with Gasteiger partial charge in [0.2, 0.25) is 0 Å². The van der Waals surface area contributed by atoms with Crippen LogP contribution in [0.2, 0.25) is 0 Å². The summed E-state index contributed by atoms with van der Waals surface area (Å²) < 4.78 is 10.6. The molecule has 0 fully saturated rings. The second-order valence-corrected chi connectivity index (χ2v) is 8.11. The van der Waals surface area contributed by atoms with E-state index >= 15 is 0 Å². The van der Waals surface area contributed by atoms with E-state index in [1.54, 1.807) is 32.2 Å². The second kappa shape index (κ2) is 8.91. The highest BCUT2D eigenvalue weighted by molar-refractivity contribution is 6.04. The maximum atomic E-state index is 13.5. The average Bonchev–Trinajstić information content (AvgIpc) is 2.78. The van der Waals surface area contributed by atoms with Gasteiger partial charge >= 0.3 is 5.97 Å². The van der Waals surface area contributed by atoms with E-state index < -0.39 is 11.9 Å². The van der Waals surface area contributed by atoms with Gasteiger partial charge in [-0.2, -0.15) is 0 Å². The van der Waals surface area contributed by atoms with Crippen LogP contribution >= 0.6 is 0 Å². The molecule has 6 heteroatoms. The van der Waals surface area contributed by atoms with E-state index in [-0.39, 0.29) is 24.1 Å². The maximum absolute atomic E-state index is 13.5. The largest absolute Gasteiger partial charge is 0.508 e. The number of phenols is 1. The molecule has 6 nitrogen and oxygen atoms in total. The maximum Gasteiger partial charge on any atom is 0.336 e. The molecule has 2 aromatic carbocycles. The number of allylic oxidation sites excluding steroid dienone is 3. The number of Topliss-reactive ketones (excluding diaryl/α,β-unsaturated/α-hetero) is 1. The first-order valence-corrected chi connectivity index (χ1v) is 10.8. The van der Waals surface area contributed by atoms with Gasteiger partial charge in [0.1, 0.15) is 11.5 Å². The lowest BCUT2D eigenvalue weighted by Gasteiger charge is -2.36. The molecule has 0 amide bonds. The Labute approximate surface area is 187 Å². The molecule has 0 unspecified atom stereocenters. The van der Waals surface area contributed by atoms with Crippen molar-refractivity contribution in [3.8, 4) is 11.5 Å². The highest BCUT2D eigenvalue weighted by Crippen LogP contribution is 2.46. The van der Waals surface area contributed by atoms with E-state index in [9.17, 15) is 14.7 Å². The molecule has 2 aliphatic rings. The fourth-order valence-electron chi connectivity index (χ4n) is 4.67. The van der Waals surface area contributed by atoms with E-state index in [0.717, 1.165) is 17.0 Å². The molecule has 0 spiro atoms. The van der Waals surface area contributed by atoms with Gasteiger partial charge in [-0.15, -0.1) is 0 Å². The summed E-state index contributed by atoms with van der Waals surface area (Å²) in [5, 5.41) is 13.4. The van der Waals surface area contributed by atoms with Crippen LogP contribution in [0.25, 0.3) is 0 Å². The topological polar surface area (TPSA) is 84.9 Å². The Morgan fingerprint density at radius 1 is 1.12 bits per heavy atom. The van der Waals surface area contributed by atoms with E-state index in [1.807, 2.05) is 37.3 Å². The van der Waals surface area contributed by atoms with E-state index in [2.05, 4.69) is 5.32 Å². The average molecular weight is 434 g/mol. The van der Waals surface area contributed by atoms with Gasteiger partial charge in [0.05, 0.1) is 19.3 Å². The molecule has 0 saturated carbocycles. The predicted molar refractivity (Wildman–Crippen MR) is 120 cm³/mol. The molecule has 2 aromatic rings. The first kappa shape index (κ1) is 21.7. The quantitative estimate of drug-likeness (QED) is 0.683. The number of carbonyl (C=O) groups excluding carboxylic acids is 2. The summed E-state index contributed by atoms with van der Waals surface area (Å²) >= 11 is 0. The van der Waals surface area contributed by atoms with Crippen molar-refractivity contribution in [1.29, 1.82) is 0 Å². The van der Waals surface area contributed by atoms with E-state index in [1.165, 1.54) is 0 Å². The molecule has 0 saturated heterocycles. The smallest absolute Gasteiger partial charge is 0.336 e. The van der Waals surface area contributed by atoms with Gasteiger partial charge in [0, 0.05) is 29.3 Å². The van der Waals surface area contributed by atoms with Crippen molar-refractivity contribution in [2.45, 2.75) is 38.5 Å². The SMILES string of the molecule is CCOC(=O)C1=C(C)NC2=C(C(=O)C[C@@H](c3ccc(OC)cc3)C2)[C@H]1c1cccc(O)c1. The zero-order chi connectivity index (χ0) is 22.8. The minimum atomic E-state index is -0.582. The second-order valence-electron chi connectivity index (χ2n) is 8.11. The number of carbonyl (C=O) groups is 2. The van der Waals surface area contributed by atoms with Crippen LogP contribution in [-0.4, -0.2) is 30.6 Å². The van der Waals surface area contributed by atoms with Crippen LogP contribution in [-0.2, 0) is 14.3 Å². The zero-order valence-corrected chi connectivity index (χ0v) is 18.5. The molecule has 0 aromatic heterocycles. The van der Waals surface area contributed by atoms with Crippen molar-refractivity contribution in [1.82, 2.24) is 5.32 Å². The Balaban J connectivity index is 1.77. The minimum Gasteiger partial charge on any atom is -0.508 e. The number of dihydropyridines is 1. The molecule has 2 atom stereocenters. The van der Waals surface area contributed by atoms with Gasteiger partial charge in [0.15, 0.2) is 5.78 Å². The standard InChI is InChI=1S/C26H27NO5/c1-4-32-26(30)23-15(2)27-21-13-18(16-8-10-20(31-3)11-9-16)14-22(29)25(21)24(23)17-6-5-7-19(28)12-17/h5-12,18,24,27-28H,4,13-14H2,1-3H3/t18-,24-/m0/s1. The van der Waals surface area contributed by atoms with Crippen molar-refractivity contribution in [2.24, 2.45) is 0 Å². The minimum absolute atomic E-state index is 0.0118. The normalized spacial score (nSPS) is 20.5. The zero-order valence-electron chi connectivity index (χ0n) is 18.5. The van der Waals surface area contributed by atoms with E-state index in [0.29, 0.717) is 35.2 Å². The monoisotopic (exact) mass is 433 g/mol. The van der Waals surface area contributed by atoms with Gasteiger partial charge in [0.25, 0.3) is 0 Å². The number of phenolic OH excluding ortho intramolecular Hbond substituents is 1. The molecule has 1 aliphatic heterocycles. The van der Waals surface area contributed by atoms with Crippen molar-refractivity contribution in [3.63, 3.8) is 0 Å². The number of benzene rings is 2. The molecule has 1 heterocycles. The lowest BCUT2D eigenvalue weighted by atomic mass is 9.71. The molecule has 166 valence electrons. The Kier molecular flexibility index (Phi) is 6.04. The molecule has 1 aliphatic carbocycles. The van der Waals surface area contributed by atoms with Gasteiger partial charge in [-0.3, -0.25) is 4.79 Å². The Hall–Kier alpha value is -3.54. The fourth-order valence-corrected chi connectivity index (χ4v) is 4.67. The van der Waals surface area contributed by atoms with Crippen molar-refractivity contribution in [3.05, 3.63) is 82.2 Å². The molecule has 2 N–H and O–H groups in total. The highest BCUT2D eigenvalue weighted by Gasteiger charge is 2.41. The van der Waals surface area contributed by atoms with Crippen LogP contribution in [0.15, 0.2) is 71.1 Å². The molecule has 32 heavy (non-hydrogen) atoms. The van der Waals surface area contributed by atoms with Crippen LogP contribution in [0.5, 0.6) is 11.5 Å². The summed E-state index contributed by atoms with van der Waals surface area (Å²) in [5.41, 5.74) is 4.23. The molecule has 4 rings (SSSR count). The highest BCUT2D eigenvalue weighted by atomic mass is 16.5. The van der Waals surface area contributed by atoms with Crippen molar-refractivity contribution in [2.75, 3.05) is 13.7 Å². The number of nitrogens with one attached hydrogen (secondary N) is 1. The number of aromatic hydroxyl groups is 1. The Morgan fingerprint density at radius 2 is 1.88 bits per heavy atom. The van der Waals surface area contributed by atoms with Gasteiger partial charge in [-0.25, -0.2) is 4.79 Å². The summed E-state index contributed by atoms with van der Waals surface area (Å²) in [6.45, 7) is 3.82. The van der Waals surface area contributed by atoms with Crippen LogP contribution in [0.1, 0.15) is 49.7 Å². The number of methoxy groups -OCH3 is 1. The molecule has 0 bridgehead atoms. The summed E-state index contributed by atoms with van der Waals surface area (Å²) in [4.78, 5) is 26.4. The fraction of sp³-hybridized carbons (Fsp3) is 0.308. The summed E-state index contributed by atoms with van der Waals surface area (Å²) in [6, 6.07) is 14.5. The number of hydrogen-bond donors (Lipinski definition) is 2. The van der Waals surface area contributed by atoms with Crippen LogP contribution in [0.4, 0.5) is 0 Å². The van der Waals surface area contributed by atoms with Gasteiger partial charge in [-0.1, -0.05) is 24.3 Å². The van der Waals surface area contributed by atoms with E-state index in [4.69, 9.17) is 9.47 Å². The summed E-state index contributed by atoms with van der Waals surface area (Å²) in [5.74, 6) is -0.162. The first-order chi connectivity index (χ1) is 15.4. The van der Waals surface area contributed by atoms with Crippen LogP contribution in [0, 0.1) is 0 Å². The molecular formula is C26H27NO5. The molecular weight excluding hydrogens is 406 g/mol. The number of rotatable bonds is 5. The van der Waals surface area contributed by atoms with Crippen molar-refractivity contribution < 1.29 is 24.2 Å². The Bertz CT molecular complexity index is 1110. The first-order valence-electron chi connectivity index (χ1n) is 10.8. The summed E-state index contributed by atoms with van der Waals surface area (Å²) in [7, 11) is 1.62. The third-order valence-corrected chi connectivity index (χ3v) is 6.11. The third-order valence-electron chi connectivity index (χ3n) is 6.11. The lowest BCUT2D eigenvalue weighted by Crippen LogP contribution is -2.36. The lowest BCUT2D eigenvalue weighted by molar-refractivity contribution is -0.138. The Morgan fingerprint density at radius 3 is 2.53 bits per heavy atom. The number of hydrogen-bond acceptors (Lipinski definition) is 6. The molecule has 0 radical (unpaired) electrons. The van der Waals surface area contributed by atoms with Crippen LogP contribution < -0.4 is 10.1 Å². The van der Waals surface area contributed by atoms with Crippen molar-refractivity contribution >= 4 is 11.8 Å². The van der Waals surface area contributed by atoms with Crippen LogP contribution in [0.3, 0.4) is 0 Å².